The molecule has 0 aromatic heterocycles. The van der Waals surface area contributed by atoms with Crippen molar-refractivity contribution in [3.8, 4) is 0 Å². The Bertz CT molecular complexity index is 711. The number of carboxylic acids is 1. The molecule has 1 aromatic carbocycles. The molecule has 1 aromatic rings. The van der Waals surface area contributed by atoms with E-state index in [1.54, 1.807) is 30.3 Å². The van der Waals surface area contributed by atoms with Crippen LogP contribution in [0.1, 0.15) is 24.4 Å². The first kappa shape index (κ1) is 17.7. The second-order valence-corrected chi connectivity index (χ2v) is 6.94. The molecule has 2 unspecified atom stereocenters. The molecule has 3 rings (SSSR count). The molecule has 5 N–H and O–H groups in total. The number of alkyl halides is 1. The molecule has 2 fully saturated rings. The number of aliphatic carboxylic acids is 1. The van der Waals surface area contributed by atoms with Crippen molar-refractivity contribution >= 4 is 29.4 Å². The molecule has 2 saturated heterocycles. The molecule has 0 saturated carbocycles. The standard InChI is InChI=1S/C16H18ClN3O5/c17-16(25)7-6-9-11(14(22)20(9)12(16)15(23)24)19-13(21)10(18)8-4-2-1-3-5-8/h1-5,9-12,25H,6-7,18H2,(H,19,21)(H,23,24)/t9-,10-,11+,12?,16?/m1/s1. The molecule has 0 aliphatic carbocycles. The zero-order chi connectivity index (χ0) is 18.4. The van der Waals surface area contributed by atoms with Crippen molar-refractivity contribution < 1.29 is 24.6 Å². The van der Waals surface area contributed by atoms with E-state index in [9.17, 15) is 24.6 Å². The van der Waals surface area contributed by atoms with Crippen molar-refractivity contribution in [2.45, 2.75) is 42.1 Å². The van der Waals surface area contributed by atoms with Gasteiger partial charge < -0.3 is 26.2 Å². The number of piperidine rings is 1. The van der Waals surface area contributed by atoms with Crippen LogP contribution in [-0.4, -0.2) is 56.1 Å². The molecule has 0 radical (unpaired) electrons. The van der Waals surface area contributed by atoms with Crippen LogP contribution in [0.5, 0.6) is 0 Å². The SMILES string of the molecule is N[C@@H](C(=O)N[C@@H]1C(=O)N2C(C(=O)O)C(O)(Cl)CC[C@H]12)c1ccccc1. The third-order valence-corrected chi connectivity index (χ3v) is 5.12. The smallest absolute Gasteiger partial charge is 0.330 e. The number of aliphatic hydroxyl groups is 1. The molecule has 8 nitrogen and oxygen atoms in total. The highest BCUT2D eigenvalue weighted by molar-refractivity contribution is 6.25. The monoisotopic (exact) mass is 367 g/mol. The summed E-state index contributed by atoms with van der Waals surface area (Å²) in [4.78, 5) is 37.0. The van der Waals surface area contributed by atoms with Gasteiger partial charge in [-0.3, -0.25) is 9.59 Å². The average molecular weight is 368 g/mol. The lowest BCUT2D eigenvalue weighted by Crippen LogP contribution is -2.79. The van der Waals surface area contributed by atoms with Crippen LogP contribution in [0.3, 0.4) is 0 Å². The number of rotatable bonds is 4. The van der Waals surface area contributed by atoms with Crippen molar-refractivity contribution in [3.63, 3.8) is 0 Å². The molecule has 2 aliphatic heterocycles. The van der Waals surface area contributed by atoms with E-state index < -0.39 is 47.0 Å². The largest absolute Gasteiger partial charge is 0.480 e. The Kier molecular flexibility index (Phi) is 4.44. The number of hydrogen-bond acceptors (Lipinski definition) is 5. The minimum absolute atomic E-state index is 0.00290. The van der Waals surface area contributed by atoms with Gasteiger partial charge in [-0.2, -0.15) is 0 Å². The normalized spacial score (nSPS) is 32.4. The molecule has 134 valence electrons. The van der Waals surface area contributed by atoms with Crippen LogP contribution in [0, 0.1) is 0 Å². The van der Waals surface area contributed by atoms with E-state index in [-0.39, 0.29) is 12.8 Å². The number of nitrogens with one attached hydrogen (secondary N) is 1. The predicted octanol–water partition coefficient (Wildman–Crippen LogP) is -0.444. The summed E-state index contributed by atoms with van der Waals surface area (Å²) in [6.45, 7) is 0. The quantitative estimate of drug-likeness (QED) is 0.421. The highest BCUT2D eigenvalue weighted by Gasteiger charge is 2.61. The highest BCUT2D eigenvalue weighted by atomic mass is 35.5. The summed E-state index contributed by atoms with van der Waals surface area (Å²) in [6, 6.07) is 4.82. The number of carboxylic acid groups (broad SMARTS) is 1. The molecule has 0 bridgehead atoms. The van der Waals surface area contributed by atoms with Crippen LogP contribution in [-0.2, 0) is 14.4 Å². The van der Waals surface area contributed by atoms with Crippen molar-refractivity contribution in [2.75, 3.05) is 0 Å². The van der Waals surface area contributed by atoms with Crippen molar-refractivity contribution in [1.82, 2.24) is 10.2 Å². The minimum atomic E-state index is -2.02. The summed E-state index contributed by atoms with van der Waals surface area (Å²) in [7, 11) is 0. The number of fused-ring (bicyclic) bond motifs is 1. The fraction of sp³-hybridized carbons (Fsp3) is 0.438. The molecule has 2 aliphatic rings. The summed E-state index contributed by atoms with van der Waals surface area (Å²) in [5, 5.41) is 19.9. The van der Waals surface area contributed by atoms with Gasteiger partial charge in [0.2, 0.25) is 11.8 Å². The molecular formula is C16H18ClN3O5. The van der Waals surface area contributed by atoms with Gasteiger partial charge in [0.05, 0.1) is 6.04 Å². The van der Waals surface area contributed by atoms with Crippen LogP contribution in [0.2, 0.25) is 0 Å². The van der Waals surface area contributed by atoms with Gasteiger partial charge in [-0.05, 0) is 18.4 Å². The van der Waals surface area contributed by atoms with Gasteiger partial charge in [-0.1, -0.05) is 41.9 Å². The Labute approximate surface area is 148 Å². The fourth-order valence-corrected chi connectivity index (χ4v) is 3.72. The van der Waals surface area contributed by atoms with Crippen LogP contribution in [0.25, 0.3) is 0 Å². The molecule has 9 heteroatoms. The molecule has 25 heavy (non-hydrogen) atoms. The number of hydrogen-bond donors (Lipinski definition) is 4. The number of halogens is 1. The second kappa shape index (κ2) is 6.29. The van der Waals surface area contributed by atoms with Crippen LogP contribution in [0.15, 0.2) is 30.3 Å². The van der Waals surface area contributed by atoms with E-state index >= 15 is 0 Å². The second-order valence-electron chi connectivity index (χ2n) is 6.29. The topological polar surface area (TPSA) is 133 Å². The highest BCUT2D eigenvalue weighted by Crippen LogP contribution is 2.41. The summed E-state index contributed by atoms with van der Waals surface area (Å²) in [5.74, 6) is -2.51. The Morgan fingerprint density at radius 3 is 2.60 bits per heavy atom. The first-order chi connectivity index (χ1) is 11.7. The first-order valence-corrected chi connectivity index (χ1v) is 8.19. The van der Waals surface area contributed by atoms with E-state index in [4.69, 9.17) is 17.3 Å². The Balaban J connectivity index is 1.71. The van der Waals surface area contributed by atoms with Crippen LogP contribution in [0.4, 0.5) is 0 Å². The minimum Gasteiger partial charge on any atom is -0.480 e. The fourth-order valence-electron chi connectivity index (χ4n) is 3.41. The van der Waals surface area contributed by atoms with Gasteiger partial charge in [0.15, 0.2) is 11.1 Å². The maximum absolute atomic E-state index is 12.3. The molecule has 2 amide bonds. The number of carbonyl (C=O) groups excluding carboxylic acids is 2. The zero-order valence-electron chi connectivity index (χ0n) is 13.1. The molecule has 0 spiro atoms. The van der Waals surface area contributed by atoms with Crippen LogP contribution < -0.4 is 11.1 Å². The molecule has 2 heterocycles. The number of β-lactam (4-membered cyclic amide) rings is 1. The van der Waals surface area contributed by atoms with Gasteiger partial charge in [0.1, 0.15) is 12.1 Å². The first-order valence-electron chi connectivity index (χ1n) is 7.81. The third-order valence-electron chi connectivity index (χ3n) is 4.72. The van der Waals surface area contributed by atoms with Crippen molar-refractivity contribution in [1.29, 1.82) is 0 Å². The number of nitrogens with two attached hydrogens (primary N) is 1. The summed E-state index contributed by atoms with van der Waals surface area (Å²) < 4.78 is 0. The number of nitrogens with zero attached hydrogens (tertiary/aromatic N) is 1. The van der Waals surface area contributed by atoms with E-state index in [0.717, 1.165) is 4.90 Å². The van der Waals surface area contributed by atoms with Gasteiger partial charge >= 0.3 is 5.97 Å². The lowest BCUT2D eigenvalue weighted by molar-refractivity contribution is -0.183. The van der Waals surface area contributed by atoms with Crippen LogP contribution >= 0.6 is 11.6 Å². The number of benzene rings is 1. The lowest BCUT2D eigenvalue weighted by atomic mass is 9.80. The van der Waals surface area contributed by atoms with Crippen molar-refractivity contribution in [2.24, 2.45) is 5.73 Å². The van der Waals surface area contributed by atoms with E-state index in [0.29, 0.717) is 5.56 Å². The van der Waals surface area contributed by atoms with Gasteiger partial charge in [0, 0.05) is 0 Å². The average Bonchev–Trinajstić information content (AvgIpc) is 2.58. The summed E-state index contributed by atoms with van der Waals surface area (Å²) in [6.07, 6.45) is 0.276. The van der Waals surface area contributed by atoms with Gasteiger partial charge in [-0.25, -0.2) is 4.79 Å². The lowest BCUT2D eigenvalue weighted by Gasteiger charge is -2.55. The van der Waals surface area contributed by atoms with E-state index in [1.807, 2.05) is 0 Å². The third kappa shape index (κ3) is 2.97. The van der Waals surface area contributed by atoms with E-state index in [1.165, 1.54) is 0 Å². The number of amides is 2. The summed E-state index contributed by atoms with van der Waals surface area (Å²) in [5.41, 5.74) is 6.51. The number of carbonyl (C=O) groups is 3. The van der Waals surface area contributed by atoms with Gasteiger partial charge in [-0.15, -0.1) is 0 Å². The van der Waals surface area contributed by atoms with Gasteiger partial charge in [0.25, 0.3) is 0 Å². The maximum Gasteiger partial charge on any atom is 0.330 e. The predicted molar refractivity (Wildman–Crippen MR) is 87.4 cm³/mol. The Hall–Kier alpha value is -2.16. The summed E-state index contributed by atoms with van der Waals surface area (Å²) >= 11 is 5.85. The Morgan fingerprint density at radius 1 is 1.36 bits per heavy atom. The maximum atomic E-state index is 12.3. The molecule has 5 atom stereocenters. The van der Waals surface area contributed by atoms with E-state index in [2.05, 4.69) is 5.32 Å². The zero-order valence-corrected chi connectivity index (χ0v) is 13.9. The molecular weight excluding hydrogens is 350 g/mol. The van der Waals surface area contributed by atoms with Crippen molar-refractivity contribution in [3.05, 3.63) is 35.9 Å². The Morgan fingerprint density at radius 2 is 2.00 bits per heavy atom.